The number of amides is 1. The summed E-state index contributed by atoms with van der Waals surface area (Å²) in [5, 5.41) is 9.19. The third kappa shape index (κ3) is 4.42. The highest BCUT2D eigenvalue weighted by Crippen LogP contribution is 2.25. The fourth-order valence-electron chi connectivity index (χ4n) is 2.89. The highest BCUT2D eigenvalue weighted by atomic mass is 32.2. The summed E-state index contributed by atoms with van der Waals surface area (Å²) in [6, 6.07) is 14.2. The Kier molecular flexibility index (Phi) is 6.14. The molecule has 1 heterocycles. The highest BCUT2D eigenvalue weighted by molar-refractivity contribution is 7.99. The van der Waals surface area contributed by atoms with Crippen LogP contribution >= 0.6 is 11.8 Å². The van der Waals surface area contributed by atoms with Crippen molar-refractivity contribution in [2.75, 3.05) is 12.8 Å². The summed E-state index contributed by atoms with van der Waals surface area (Å²) >= 11 is 1.36. The van der Waals surface area contributed by atoms with Crippen molar-refractivity contribution >= 4 is 17.7 Å². The van der Waals surface area contributed by atoms with Crippen LogP contribution in [0.25, 0.3) is 11.4 Å². The lowest BCUT2D eigenvalue weighted by atomic mass is 10.1. The molecule has 2 aromatic carbocycles. The average Bonchev–Trinajstić information content (AvgIpc) is 3.06. The van der Waals surface area contributed by atoms with Crippen LogP contribution in [0.15, 0.2) is 53.7 Å². The van der Waals surface area contributed by atoms with E-state index in [1.165, 1.54) is 23.9 Å². The number of thioether (sulfide) groups is 1. The predicted octanol–water partition coefficient (Wildman–Crippen LogP) is 4.24. The molecule has 1 amide bonds. The van der Waals surface area contributed by atoms with Gasteiger partial charge in [-0.3, -0.25) is 4.79 Å². The Bertz CT molecular complexity index is 971. The minimum atomic E-state index is -0.285. The highest BCUT2D eigenvalue weighted by Gasteiger charge is 2.19. The molecular weight excluding hydrogens is 375 g/mol. The maximum Gasteiger partial charge on any atom is 0.233 e. The van der Waals surface area contributed by atoms with E-state index < -0.39 is 0 Å². The minimum absolute atomic E-state index is 0.0260. The van der Waals surface area contributed by atoms with Crippen molar-refractivity contribution in [3.8, 4) is 11.4 Å². The molecule has 0 saturated heterocycles. The topological polar surface area (TPSA) is 51.0 Å². The van der Waals surface area contributed by atoms with Gasteiger partial charge in [-0.1, -0.05) is 47.7 Å². The molecule has 0 aliphatic carbocycles. The normalized spacial score (nSPS) is 12.0. The summed E-state index contributed by atoms with van der Waals surface area (Å²) in [5.41, 5.74) is 3.04. The van der Waals surface area contributed by atoms with Crippen molar-refractivity contribution in [3.63, 3.8) is 0 Å². The van der Waals surface area contributed by atoms with Crippen LogP contribution in [0.1, 0.15) is 24.1 Å². The summed E-state index contributed by atoms with van der Waals surface area (Å²) < 4.78 is 15.0. The predicted molar refractivity (Wildman–Crippen MR) is 109 cm³/mol. The first kappa shape index (κ1) is 20.1. The Balaban J connectivity index is 1.65. The second-order valence-corrected chi connectivity index (χ2v) is 7.70. The molecule has 7 heteroatoms. The van der Waals surface area contributed by atoms with E-state index in [-0.39, 0.29) is 23.5 Å². The van der Waals surface area contributed by atoms with E-state index in [0.29, 0.717) is 5.16 Å². The second kappa shape index (κ2) is 8.56. The molecule has 1 atom stereocenters. The van der Waals surface area contributed by atoms with Crippen molar-refractivity contribution < 1.29 is 9.18 Å². The van der Waals surface area contributed by atoms with Gasteiger partial charge in [0, 0.05) is 19.7 Å². The standard InChI is InChI=1S/C21H23FN4OS/c1-14-6-5-7-17(12-14)20-23-24-21(26(20)4)28-13-19(27)25(3)15(2)16-8-10-18(22)11-9-16/h5-12,15H,13H2,1-4H3. The molecule has 3 rings (SSSR count). The summed E-state index contributed by atoms with van der Waals surface area (Å²) in [6.07, 6.45) is 0. The number of aromatic nitrogens is 3. The molecule has 0 bridgehead atoms. The van der Waals surface area contributed by atoms with Gasteiger partial charge in [-0.2, -0.15) is 0 Å². The SMILES string of the molecule is Cc1cccc(-c2nnc(SCC(=O)N(C)C(C)c3ccc(F)cc3)n2C)c1. The van der Waals surface area contributed by atoms with Gasteiger partial charge in [-0.15, -0.1) is 10.2 Å². The Hall–Kier alpha value is -2.67. The largest absolute Gasteiger partial charge is 0.338 e. The summed E-state index contributed by atoms with van der Waals surface area (Å²) in [7, 11) is 3.65. The van der Waals surface area contributed by atoms with Gasteiger partial charge < -0.3 is 9.47 Å². The Morgan fingerprint density at radius 3 is 2.61 bits per heavy atom. The second-order valence-electron chi connectivity index (χ2n) is 6.76. The lowest BCUT2D eigenvalue weighted by Gasteiger charge is -2.25. The van der Waals surface area contributed by atoms with Crippen LogP contribution in [0.3, 0.4) is 0 Å². The fraction of sp³-hybridized carbons (Fsp3) is 0.286. The van der Waals surface area contributed by atoms with E-state index >= 15 is 0 Å². The molecule has 3 aromatic rings. The average molecular weight is 399 g/mol. The molecule has 0 spiro atoms. The third-order valence-electron chi connectivity index (χ3n) is 4.76. The molecule has 0 N–H and O–H groups in total. The van der Waals surface area contributed by atoms with Gasteiger partial charge in [-0.05, 0) is 37.6 Å². The molecule has 1 aromatic heterocycles. The maximum atomic E-state index is 13.1. The lowest BCUT2D eigenvalue weighted by Crippen LogP contribution is -2.31. The van der Waals surface area contributed by atoms with Crippen molar-refractivity contribution in [2.45, 2.75) is 25.0 Å². The molecular formula is C21H23FN4OS. The van der Waals surface area contributed by atoms with Crippen molar-refractivity contribution in [1.82, 2.24) is 19.7 Å². The molecule has 0 aliphatic heterocycles. The van der Waals surface area contributed by atoms with Crippen LogP contribution in [0.5, 0.6) is 0 Å². The van der Waals surface area contributed by atoms with Gasteiger partial charge in [0.1, 0.15) is 5.82 Å². The maximum absolute atomic E-state index is 13.1. The molecule has 146 valence electrons. The van der Waals surface area contributed by atoms with Crippen LogP contribution in [-0.2, 0) is 11.8 Å². The zero-order chi connectivity index (χ0) is 20.3. The summed E-state index contributed by atoms with van der Waals surface area (Å²) in [6.45, 7) is 3.96. The smallest absolute Gasteiger partial charge is 0.233 e. The number of rotatable bonds is 6. The molecule has 0 radical (unpaired) electrons. The van der Waals surface area contributed by atoms with Crippen molar-refractivity contribution in [3.05, 3.63) is 65.5 Å². The Morgan fingerprint density at radius 2 is 1.93 bits per heavy atom. The van der Waals surface area contributed by atoms with Crippen molar-refractivity contribution in [2.24, 2.45) is 7.05 Å². The van der Waals surface area contributed by atoms with Gasteiger partial charge in [0.15, 0.2) is 11.0 Å². The number of hydrogen-bond donors (Lipinski definition) is 0. The van der Waals surface area contributed by atoms with Gasteiger partial charge in [0.2, 0.25) is 5.91 Å². The van der Waals surface area contributed by atoms with Gasteiger partial charge in [0.25, 0.3) is 0 Å². The van der Waals surface area contributed by atoms with E-state index in [4.69, 9.17) is 0 Å². The van der Waals surface area contributed by atoms with E-state index in [9.17, 15) is 9.18 Å². The van der Waals surface area contributed by atoms with Crippen molar-refractivity contribution in [1.29, 1.82) is 0 Å². The van der Waals surface area contributed by atoms with Crippen LogP contribution < -0.4 is 0 Å². The third-order valence-corrected chi connectivity index (χ3v) is 5.77. The van der Waals surface area contributed by atoms with Crippen LogP contribution in [0, 0.1) is 12.7 Å². The zero-order valence-electron chi connectivity index (χ0n) is 16.4. The van der Waals surface area contributed by atoms with Crippen LogP contribution in [-0.4, -0.2) is 38.4 Å². The minimum Gasteiger partial charge on any atom is -0.338 e. The number of hydrogen-bond acceptors (Lipinski definition) is 4. The molecule has 0 fully saturated rings. The first-order valence-electron chi connectivity index (χ1n) is 8.97. The van der Waals surface area contributed by atoms with E-state index in [1.807, 2.05) is 43.7 Å². The van der Waals surface area contributed by atoms with E-state index in [0.717, 1.165) is 22.5 Å². The lowest BCUT2D eigenvalue weighted by molar-refractivity contribution is -0.128. The molecule has 0 saturated carbocycles. The number of carbonyl (C=O) groups is 1. The number of benzene rings is 2. The first-order chi connectivity index (χ1) is 13.4. The monoisotopic (exact) mass is 398 g/mol. The van der Waals surface area contributed by atoms with Gasteiger partial charge in [-0.25, -0.2) is 4.39 Å². The molecule has 0 aliphatic rings. The number of nitrogens with zero attached hydrogens (tertiary/aromatic N) is 4. The number of carbonyl (C=O) groups excluding carboxylic acids is 1. The summed E-state index contributed by atoms with van der Waals surface area (Å²) in [5.74, 6) is 0.711. The van der Waals surface area contributed by atoms with E-state index in [1.54, 1.807) is 24.1 Å². The molecule has 1 unspecified atom stereocenters. The van der Waals surface area contributed by atoms with E-state index in [2.05, 4.69) is 16.3 Å². The van der Waals surface area contributed by atoms with Crippen LogP contribution in [0.2, 0.25) is 0 Å². The number of halogens is 1. The molecule has 5 nitrogen and oxygen atoms in total. The summed E-state index contributed by atoms with van der Waals surface area (Å²) in [4.78, 5) is 14.3. The quantitative estimate of drug-likeness (QED) is 0.583. The first-order valence-corrected chi connectivity index (χ1v) is 9.95. The van der Waals surface area contributed by atoms with Crippen LogP contribution in [0.4, 0.5) is 4.39 Å². The zero-order valence-corrected chi connectivity index (χ0v) is 17.2. The fourth-order valence-corrected chi connectivity index (χ4v) is 3.72. The van der Waals surface area contributed by atoms with Gasteiger partial charge in [0.05, 0.1) is 11.8 Å². The molecule has 28 heavy (non-hydrogen) atoms. The Labute approximate surface area is 168 Å². The van der Waals surface area contributed by atoms with Gasteiger partial charge >= 0.3 is 0 Å². The Morgan fingerprint density at radius 1 is 1.21 bits per heavy atom. The number of aryl methyl sites for hydroxylation is 1.